The van der Waals surface area contributed by atoms with Crippen molar-refractivity contribution < 1.29 is 0 Å². The van der Waals surface area contributed by atoms with Gasteiger partial charge in [-0.1, -0.05) is 18.2 Å². The largest absolute Gasteiger partial charge is 0.381 e. The summed E-state index contributed by atoms with van der Waals surface area (Å²) in [6.07, 6.45) is 7.24. The number of aromatic nitrogens is 1. The van der Waals surface area contributed by atoms with Crippen LogP contribution in [0.15, 0.2) is 36.5 Å². The molecule has 1 aromatic heterocycles. The van der Waals surface area contributed by atoms with Gasteiger partial charge < -0.3 is 10.2 Å². The van der Waals surface area contributed by atoms with E-state index in [1.807, 2.05) is 12.3 Å². The van der Waals surface area contributed by atoms with Gasteiger partial charge in [-0.3, -0.25) is 4.98 Å². The quantitative estimate of drug-likeness (QED) is 0.905. The van der Waals surface area contributed by atoms with E-state index in [2.05, 4.69) is 46.5 Å². The Balaban J connectivity index is 1.53. The molecule has 2 aromatic rings. The van der Waals surface area contributed by atoms with Crippen molar-refractivity contribution in [2.45, 2.75) is 43.8 Å². The molecule has 1 aromatic carbocycles. The van der Waals surface area contributed by atoms with Crippen molar-refractivity contribution >= 4 is 16.6 Å². The fourth-order valence-electron chi connectivity index (χ4n) is 3.92. The Bertz CT molecular complexity index is 610. The van der Waals surface area contributed by atoms with E-state index >= 15 is 0 Å². The molecule has 4 rings (SSSR count). The Morgan fingerprint density at radius 3 is 2.70 bits per heavy atom. The van der Waals surface area contributed by atoms with Crippen LogP contribution in [0.5, 0.6) is 0 Å². The number of piperidine rings is 1. The molecule has 2 aliphatic heterocycles. The molecule has 0 aliphatic carbocycles. The summed E-state index contributed by atoms with van der Waals surface area (Å²) >= 11 is 0. The van der Waals surface area contributed by atoms with Gasteiger partial charge in [0.05, 0.1) is 17.4 Å². The van der Waals surface area contributed by atoms with Crippen molar-refractivity contribution in [3.05, 3.63) is 36.5 Å². The van der Waals surface area contributed by atoms with E-state index in [0.717, 1.165) is 23.3 Å². The van der Waals surface area contributed by atoms with E-state index in [1.54, 1.807) is 0 Å². The topological polar surface area (TPSA) is 28.2 Å². The van der Waals surface area contributed by atoms with E-state index in [4.69, 9.17) is 0 Å². The summed E-state index contributed by atoms with van der Waals surface area (Å²) in [5.41, 5.74) is 2.24. The standard InChI is InChI=1S/C17H21N3/c1-20-15-6-7-16(20)10-13(9-15)19-14-8-12-4-2-3-5-17(12)18-11-14/h2-5,8,11,13,15-16,19H,6-7,9-10H2,1H3. The maximum Gasteiger partial charge on any atom is 0.0703 e. The van der Waals surface area contributed by atoms with Crippen LogP contribution in [0.1, 0.15) is 25.7 Å². The SMILES string of the molecule is CN1C2CCC1CC(Nc1cnc3ccccc3c1)C2. The zero-order valence-corrected chi connectivity index (χ0v) is 11.9. The van der Waals surface area contributed by atoms with Gasteiger partial charge in [-0.05, 0) is 44.9 Å². The summed E-state index contributed by atoms with van der Waals surface area (Å²) in [6.45, 7) is 0. The van der Waals surface area contributed by atoms with Crippen LogP contribution < -0.4 is 5.32 Å². The van der Waals surface area contributed by atoms with Gasteiger partial charge in [-0.15, -0.1) is 0 Å². The fraction of sp³-hybridized carbons (Fsp3) is 0.471. The highest BCUT2D eigenvalue weighted by molar-refractivity contribution is 5.81. The number of fused-ring (bicyclic) bond motifs is 3. The number of anilines is 1. The molecule has 2 unspecified atom stereocenters. The fourth-order valence-corrected chi connectivity index (χ4v) is 3.92. The van der Waals surface area contributed by atoms with Gasteiger partial charge in [-0.2, -0.15) is 0 Å². The van der Waals surface area contributed by atoms with Crippen molar-refractivity contribution in [3.8, 4) is 0 Å². The summed E-state index contributed by atoms with van der Waals surface area (Å²) < 4.78 is 0. The minimum absolute atomic E-state index is 0.603. The molecule has 20 heavy (non-hydrogen) atoms. The second-order valence-electron chi connectivity index (χ2n) is 6.28. The second-order valence-corrected chi connectivity index (χ2v) is 6.28. The maximum atomic E-state index is 4.54. The molecule has 0 spiro atoms. The van der Waals surface area contributed by atoms with Crippen LogP contribution in [0.25, 0.3) is 10.9 Å². The number of nitrogens with one attached hydrogen (secondary N) is 1. The lowest BCUT2D eigenvalue weighted by Crippen LogP contribution is -2.44. The number of hydrogen-bond acceptors (Lipinski definition) is 3. The van der Waals surface area contributed by atoms with E-state index in [9.17, 15) is 0 Å². The van der Waals surface area contributed by atoms with Crippen LogP contribution in [0.4, 0.5) is 5.69 Å². The third-order valence-electron chi connectivity index (χ3n) is 5.06. The molecule has 0 radical (unpaired) electrons. The molecule has 0 saturated carbocycles. The first-order chi connectivity index (χ1) is 9.79. The van der Waals surface area contributed by atoms with Crippen LogP contribution in [0.3, 0.4) is 0 Å². The first-order valence-corrected chi connectivity index (χ1v) is 7.63. The predicted octanol–water partition coefficient (Wildman–Crippen LogP) is 3.27. The third-order valence-corrected chi connectivity index (χ3v) is 5.06. The molecular formula is C17H21N3. The lowest BCUT2D eigenvalue weighted by molar-refractivity contribution is 0.169. The summed E-state index contributed by atoms with van der Waals surface area (Å²) in [7, 11) is 2.29. The molecule has 1 N–H and O–H groups in total. The number of rotatable bonds is 2. The zero-order valence-electron chi connectivity index (χ0n) is 11.9. The van der Waals surface area contributed by atoms with Crippen molar-refractivity contribution in [1.82, 2.24) is 9.88 Å². The Labute approximate surface area is 120 Å². The second kappa shape index (κ2) is 4.74. The smallest absolute Gasteiger partial charge is 0.0703 e. The monoisotopic (exact) mass is 267 g/mol. The molecule has 2 saturated heterocycles. The van der Waals surface area contributed by atoms with Crippen molar-refractivity contribution in [3.63, 3.8) is 0 Å². The van der Waals surface area contributed by atoms with Crippen molar-refractivity contribution in [2.75, 3.05) is 12.4 Å². The molecule has 2 fully saturated rings. The average molecular weight is 267 g/mol. The zero-order chi connectivity index (χ0) is 13.5. The van der Waals surface area contributed by atoms with Crippen molar-refractivity contribution in [1.29, 1.82) is 0 Å². The van der Waals surface area contributed by atoms with Crippen LogP contribution in [0, 0.1) is 0 Å². The molecule has 3 nitrogen and oxygen atoms in total. The Hall–Kier alpha value is -1.61. The van der Waals surface area contributed by atoms with Gasteiger partial charge in [-0.25, -0.2) is 0 Å². The van der Waals surface area contributed by atoms with Crippen LogP contribution in [-0.2, 0) is 0 Å². The van der Waals surface area contributed by atoms with Crippen LogP contribution in [0.2, 0.25) is 0 Å². The highest BCUT2D eigenvalue weighted by atomic mass is 15.2. The number of benzene rings is 1. The molecule has 104 valence electrons. The first-order valence-electron chi connectivity index (χ1n) is 7.63. The van der Waals surface area contributed by atoms with Gasteiger partial charge in [0.25, 0.3) is 0 Å². The van der Waals surface area contributed by atoms with Gasteiger partial charge in [0.15, 0.2) is 0 Å². The lowest BCUT2D eigenvalue weighted by atomic mass is 9.98. The normalized spacial score (nSPS) is 29.8. The lowest BCUT2D eigenvalue weighted by Gasteiger charge is -2.37. The van der Waals surface area contributed by atoms with Crippen molar-refractivity contribution in [2.24, 2.45) is 0 Å². The number of para-hydroxylation sites is 1. The highest BCUT2D eigenvalue weighted by Crippen LogP contribution is 2.35. The molecule has 2 atom stereocenters. The molecular weight excluding hydrogens is 246 g/mol. The molecule has 2 aliphatic rings. The predicted molar refractivity (Wildman–Crippen MR) is 83.0 cm³/mol. The van der Waals surface area contributed by atoms with Crippen LogP contribution >= 0.6 is 0 Å². The average Bonchev–Trinajstić information content (AvgIpc) is 2.70. The van der Waals surface area contributed by atoms with E-state index in [0.29, 0.717) is 6.04 Å². The van der Waals surface area contributed by atoms with Gasteiger partial charge in [0, 0.05) is 23.5 Å². The number of pyridine rings is 1. The summed E-state index contributed by atoms with van der Waals surface area (Å²) in [5, 5.41) is 4.92. The van der Waals surface area contributed by atoms with Gasteiger partial charge in [0.1, 0.15) is 0 Å². The Morgan fingerprint density at radius 2 is 1.90 bits per heavy atom. The number of hydrogen-bond donors (Lipinski definition) is 1. The molecule has 0 amide bonds. The Kier molecular flexibility index (Phi) is 2.88. The molecule has 2 bridgehead atoms. The number of nitrogens with zero attached hydrogens (tertiary/aromatic N) is 2. The minimum Gasteiger partial charge on any atom is -0.381 e. The maximum absolute atomic E-state index is 4.54. The van der Waals surface area contributed by atoms with Gasteiger partial charge in [0.2, 0.25) is 0 Å². The van der Waals surface area contributed by atoms with Crippen LogP contribution in [-0.4, -0.2) is 35.1 Å². The first kappa shape index (κ1) is 12.2. The minimum atomic E-state index is 0.603. The van der Waals surface area contributed by atoms with Gasteiger partial charge >= 0.3 is 0 Å². The third kappa shape index (κ3) is 2.06. The van der Waals surface area contributed by atoms with E-state index < -0.39 is 0 Å². The Morgan fingerprint density at radius 1 is 1.15 bits per heavy atom. The highest BCUT2D eigenvalue weighted by Gasteiger charge is 2.38. The summed E-state index contributed by atoms with van der Waals surface area (Å²) in [5.74, 6) is 0. The van der Waals surface area contributed by atoms with E-state index in [1.165, 1.54) is 31.1 Å². The summed E-state index contributed by atoms with van der Waals surface area (Å²) in [4.78, 5) is 7.12. The summed E-state index contributed by atoms with van der Waals surface area (Å²) in [6, 6.07) is 12.7. The molecule has 3 heteroatoms. The van der Waals surface area contributed by atoms with E-state index in [-0.39, 0.29) is 0 Å². The molecule has 3 heterocycles.